The van der Waals surface area contributed by atoms with Gasteiger partial charge in [0.25, 0.3) is 0 Å². The minimum absolute atomic E-state index is 0.111. The number of rotatable bonds is 4. The number of nitrogens with one attached hydrogen (secondary N) is 1. The first-order valence-electron chi connectivity index (χ1n) is 6.17. The van der Waals surface area contributed by atoms with Gasteiger partial charge in [-0.15, -0.1) is 0 Å². The predicted octanol–water partition coefficient (Wildman–Crippen LogP) is 4.36. The summed E-state index contributed by atoms with van der Waals surface area (Å²) in [5, 5.41) is 3.47. The minimum Gasteiger partial charge on any atom is -0.464 e. The smallest absolute Gasteiger partial charge is 0.125 e. The Labute approximate surface area is 117 Å². The molecule has 0 aliphatic carbocycles. The van der Waals surface area contributed by atoms with Gasteiger partial charge in [-0.05, 0) is 55.8 Å². The van der Waals surface area contributed by atoms with E-state index in [1.54, 1.807) is 0 Å². The first-order chi connectivity index (χ1) is 8.60. The zero-order chi connectivity index (χ0) is 13.1. The normalized spacial score (nSPS) is 12.7. The first-order valence-corrected chi connectivity index (χ1v) is 6.96. The number of halogens is 1. The quantitative estimate of drug-likeness (QED) is 0.908. The Bertz CT molecular complexity index is 513. The molecular weight excluding hydrogens is 290 g/mol. The number of furan rings is 1. The molecule has 1 N–H and O–H groups in total. The van der Waals surface area contributed by atoms with Crippen molar-refractivity contribution in [2.75, 3.05) is 6.54 Å². The van der Waals surface area contributed by atoms with Crippen LogP contribution in [0.2, 0.25) is 0 Å². The molecule has 1 heterocycles. The Balaban J connectivity index is 2.40. The summed E-state index contributed by atoms with van der Waals surface area (Å²) in [6, 6.07) is 10.6. The van der Waals surface area contributed by atoms with Crippen LogP contribution in [0.3, 0.4) is 0 Å². The molecular formula is C15H18BrNO. The highest BCUT2D eigenvalue weighted by molar-refractivity contribution is 9.10. The molecule has 1 atom stereocenters. The van der Waals surface area contributed by atoms with Gasteiger partial charge in [-0.3, -0.25) is 0 Å². The number of hydrogen-bond donors (Lipinski definition) is 1. The molecule has 2 nitrogen and oxygen atoms in total. The standard InChI is InChI=1S/C15H18BrNO/c1-4-17-15(14-6-5-11(3)18-14)12-7-10(2)8-13(16)9-12/h5-9,15,17H,4H2,1-3H3. The molecule has 0 saturated carbocycles. The molecule has 18 heavy (non-hydrogen) atoms. The van der Waals surface area contributed by atoms with Gasteiger partial charge < -0.3 is 9.73 Å². The second-order valence-electron chi connectivity index (χ2n) is 4.50. The Kier molecular flexibility index (Phi) is 4.25. The summed E-state index contributed by atoms with van der Waals surface area (Å²) in [5.41, 5.74) is 2.46. The SMILES string of the molecule is CCNC(c1cc(C)cc(Br)c1)c1ccc(C)o1. The molecule has 1 aromatic carbocycles. The van der Waals surface area contributed by atoms with E-state index in [2.05, 4.69) is 53.3 Å². The third-order valence-electron chi connectivity index (χ3n) is 2.85. The van der Waals surface area contributed by atoms with Gasteiger partial charge >= 0.3 is 0 Å². The van der Waals surface area contributed by atoms with Crippen LogP contribution in [-0.4, -0.2) is 6.54 Å². The molecule has 2 aromatic rings. The van der Waals surface area contributed by atoms with Gasteiger partial charge in [-0.25, -0.2) is 0 Å². The van der Waals surface area contributed by atoms with Gasteiger partial charge in [0.1, 0.15) is 11.5 Å². The Morgan fingerprint density at radius 2 is 2.00 bits per heavy atom. The molecule has 1 aromatic heterocycles. The third-order valence-corrected chi connectivity index (χ3v) is 3.31. The van der Waals surface area contributed by atoms with Crippen LogP contribution in [0.4, 0.5) is 0 Å². The van der Waals surface area contributed by atoms with Crippen molar-refractivity contribution < 1.29 is 4.42 Å². The lowest BCUT2D eigenvalue weighted by molar-refractivity contribution is 0.435. The average molecular weight is 308 g/mol. The Morgan fingerprint density at radius 1 is 1.22 bits per heavy atom. The second-order valence-corrected chi connectivity index (χ2v) is 5.42. The summed E-state index contributed by atoms with van der Waals surface area (Å²) in [6.07, 6.45) is 0. The highest BCUT2D eigenvalue weighted by Crippen LogP contribution is 2.27. The maximum absolute atomic E-state index is 5.75. The van der Waals surface area contributed by atoms with E-state index < -0.39 is 0 Å². The van der Waals surface area contributed by atoms with Gasteiger partial charge in [-0.1, -0.05) is 28.9 Å². The van der Waals surface area contributed by atoms with Crippen LogP contribution in [-0.2, 0) is 0 Å². The van der Waals surface area contributed by atoms with Crippen LogP contribution in [0.5, 0.6) is 0 Å². The van der Waals surface area contributed by atoms with E-state index in [0.29, 0.717) is 0 Å². The summed E-state index contributed by atoms with van der Waals surface area (Å²) in [6.45, 7) is 7.08. The fraction of sp³-hybridized carbons (Fsp3) is 0.333. The highest BCUT2D eigenvalue weighted by atomic mass is 79.9. The molecule has 2 rings (SSSR count). The molecule has 0 aliphatic heterocycles. The fourth-order valence-electron chi connectivity index (χ4n) is 2.13. The lowest BCUT2D eigenvalue weighted by Crippen LogP contribution is -2.21. The van der Waals surface area contributed by atoms with Crippen LogP contribution in [0.15, 0.2) is 39.2 Å². The van der Waals surface area contributed by atoms with Crippen LogP contribution in [0, 0.1) is 13.8 Å². The number of aryl methyl sites for hydroxylation is 2. The molecule has 96 valence electrons. The average Bonchev–Trinajstić information content (AvgIpc) is 2.71. The minimum atomic E-state index is 0.111. The Morgan fingerprint density at radius 3 is 2.56 bits per heavy atom. The summed E-state index contributed by atoms with van der Waals surface area (Å²) in [7, 11) is 0. The molecule has 0 fully saturated rings. The summed E-state index contributed by atoms with van der Waals surface area (Å²) in [5.74, 6) is 1.91. The van der Waals surface area contributed by atoms with Crippen molar-refractivity contribution in [2.24, 2.45) is 0 Å². The molecule has 0 bridgehead atoms. The molecule has 0 aliphatic rings. The molecule has 0 spiro atoms. The topological polar surface area (TPSA) is 25.2 Å². The Hall–Kier alpha value is -1.06. The van der Waals surface area contributed by atoms with Crippen molar-refractivity contribution in [1.29, 1.82) is 0 Å². The highest BCUT2D eigenvalue weighted by Gasteiger charge is 2.17. The largest absolute Gasteiger partial charge is 0.464 e. The van der Waals surface area contributed by atoms with Crippen molar-refractivity contribution in [1.82, 2.24) is 5.32 Å². The van der Waals surface area contributed by atoms with Crippen LogP contribution in [0.1, 0.15) is 35.6 Å². The van der Waals surface area contributed by atoms with Gasteiger partial charge in [0.2, 0.25) is 0 Å². The fourth-order valence-corrected chi connectivity index (χ4v) is 2.75. The van der Waals surface area contributed by atoms with E-state index in [9.17, 15) is 0 Å². The zero-order valence-corrected chi connectivity index (χ0v) is 12.5. The maximum Gasteiger partial charge on any atom is 0.125 e. The molecule has 1 unspecified atom stereocenters. The van der Waals surface area contributed by atoms with Gasteiger partial charge in [0, 0.05) is 4.47 Å². The maximum atomic E-state index is 5.75. The van der Waals surface area contributed by atoms with Crippen molar-refractivity contribution in [3.8, 4) is 0 Å². The van der Waals surface area contributed by atoms with Crippen molar-refractivity contribution in [2.45, 2.75) is 26.8 Å². The summed E-state index contributed by atoms with van der Waals surface area (Å²) >= 11 is 3.55. The van der Waals surface area contributed by atoms with E-state index in [-0.39, 0.29) is 6.04 Å². The van der Waals surface area contributed by atoms with Gasteiger partial charge in [-0.2, -0.15) is 0 Å². The third kappa shape index (κ3) is 3.03. The van der Waals surface area contributed by atoms with E-state index in [1.807, 2.05) is 19.1 Å². The van der Waals surface area contributed by atoms with Crippen molar-refractivity contribution >= 4 is 15.9 Å². The molecule has 0 saturated heterocycles. The second kappa shape index (κ2) is 5.72. The molecule has 3 heteroatoms. The van der Waals surface area contributed by atoms with E-state index in [0.717, 1.165) is 22.5 Å². The first kappa shape index (κ1) is 13.4. The van der Waals surface area contributed by atoms with Crippen molar-refractivity contribution in [3.05, 3.63) is 57.5 Å². The van der Waals surface area contributed by atoms with Crippen LogP contribution in [0.25, 0.3) is 0 Å². The summed E-state index contributed by atoms with van der Waals surface area (Å²) < 4.78 is 6.86. The van der Waals surface area contributed by atoms with Crippen LogP contribution >= 0.6 is 15.9 Å². The van der Waals surface area contributed by atoms with E-state index >= 15 is 0 Å². The van der Waals surface area contributed by atoms with Crippen LogP contribution < -0.4 is 5.32 Å². The zero-order valence-electron chi connectivity index (χ0n) is 11.0. The number of hydrogen-bond acceptors (Lipinski definition) is 2. The monoisotopic (exact) mass is 307 g/mol. The van der Waals surface area contributed by atoms with Crippen molar-refractivity contribution in [3.63, 3.8) is 0 Å². The van der Waals surface area contributed by atoms with E-state index in [1.165, 1.54) is 11.1 Å². The lowest BCUT2D eigenvalue weighted by atomic mass is 10.0. The van der Waals surface area contributed by atoms with Gasteiger partial charge in [0.05, 0.1) is 6.04 Å². The van der Waals surface area contributed by atoms with Gasteiger partial charge in [0.15, 0.2) is 0 Å². The molecule has 0 amide bonds. The lowest BCUT2D eigenvalue weighted by Gasteiger charge is -2.17. The molecule has 0 radical (unpaired) electrons. The van der Waals surface area contributed by atoms with E-state index in [4.69, 9.17) is 4.42 Å². The number of benzene rings is 1. The predicted molar refractivity (Wildman–Crippen MR) is 77.8 cm³/mol. The summed E-state index contributed by atoms with van der Waals surface area (Å²) in [4.78, 5) is 0.